The minimum absolute atomic E-state index is 0.0130. The average Bonchev–Trinajstić information content (AvgIpc) is 2.44. The summed E-state index contributed by atoms with van der Waals surface area (Å²) in [5.41, 5.74) is 0.482. The molecule has 1 aliphatic heterocycles. The van der Waals surface area contributed by atoms with Crippen LogP contribution in [0.15, 0.2) is 24.3 Å². The summed E-state index contributed by atoms with van der Waals surface area (Å²) in [6.07, 6.45) is 0.0364. The van der Waals surface area contributed by atoms with Crippen LogP contribution in [-0.4, -0.2) is 48.6 Å². The van der Waals surface area contributed by atoms with E-state index in [9.17, 15) is 9.59 Å². The number of carbonyl (C=O) groups is 2. The molecule has 0 bridgehead atoms. The molecular weight excluding hydrogens is 292 g/mol. The molecule has 21 heavy (non-hydrogen) atoms. The molecule has 1 N–H and O–H groups in total. The Hall–Kier alpha value is -1.59. The van der Waals surface area contributed by atoms with Crippen LogP contribution in [0.1, 0.15) is 24.2 Å². The van der Waals surface area contributed by atoms with Gasteiger partial charge < -0.3 is 15.0 Å². The van der Waals surface area contributed by atoms with Crippen LogP contribution in [-0.2, 0) is 9.53 Å². The molecule has 6 heteroatoms. The standard InChI is InChI=1S/C15H19ClN2O3/c1-10-8-18(9-11(2)21-10)14(19)7-17-15(20)12-3-5-13(16)6-4-12/h3-6,10-11H,7-9H2,1-2H3,(H,17,20). The smallest absolute Gasteiger partial charge is 0.251 e. The van der Waals surface area contributed by atoms with Gasteiger partial charge in [-0.3, -0.25) is 9.59 Å². The zero-order chi connectivity index (χ0) is 15.4. The van der Waals surface area contributed by atoms with E-state index in [-0.39, 0.29) is 30.6 Å². The number of morpholine rings is 1. The van der Waals surface area contributed by atoms with E-state index >= 15 is 0 Å². The Labute approximate surface area is 129 Å². The zero-order valence-electron chi connectivity index (χ0n) is 12.1. The van der Waals surface area contributed by atoms with Gasteiger partial charge in [0.2, 0.25) is 5.91 Å². The molecule has 1 saturated heterocycles. The molecular formula is C15H19ClN2O3. The van der Waals surface area contributed by atoms with E-state index in [0.717, 1.165) is 0 Å². The van der Waals surface area contributed by atoms with E-state index in [1.807, 2.05) is 13.8 Å². The highest BCUT2D eigenvalue weighted by Crippen LogP contribution is 2.11. The van der Waals surface area contributed by atoms with Crippen LogP contribution in [0.3, 0.4) is 0 Å². The molecule has 2 unspecified atom stereocenters. The van der Waals surface area contributed by atoms with Crippen molar-refractivity contribution in [3.63, 3.8) is 0 Å². The maximum Gasteiger partial charge on any atom is 0.251 e. The van der Waals surface area contributed by atoms with Crippen molar-refractivity contribution < 1.29 is 14.3 Å². The van der Waals surface area contributed by atoms with E-state index in [4.69, 9.17) is 16.3 Å². The quantitative estimate of drug-likeness (QED) is 0.924. The molecule has 1 aromatic carbocycles. The van der Waals surface area contributed by atoms with Gasteiger partial charge in [0.05, 0.1) is 18.8 Å². The highest BCUT2D eigenvalue weighted by Gasteiger charge is 2.25. The second-order valence-electron chi connectivity index (χ2n) is 5.25. The van der Waals surface area contributed by atoms with Crippen molar-refractivity contribution in [2.24, 2.45) is 0 Å². The van der Waals surface area contributed by atoms with Gasteiger partial charge in [0.15, 0.2) is 0 Å². The fourth-order valence-electron chi connectivity index (χ4n) is 2.35. The first-order valence-corrected chi connectivity index (χ1v) is 7.30. The van der Waals surface area contributed by atoms with Crippen LogP contribution < -0.4 is 5.32 Å². The third-order valence-corrected chi connectivity index (χ3v) is 3.53. The van der Waals surface area contributed by atoms with Crippen molar-refractivity contribution in [2.75, 3.05) is 19.6 Å². The first kappa shape index (κ1) is 15.8. The van der Waals surface area contributed by atoms with Crippen molar-refractivity contribution in [1.29, 1.82) is 0 Å². The topological polar surface area (TPSA) is 58.6 Å². The third kappa shape index (κ3) is 4.44. The normalized spacial score (nSPS) is 22.0. The van der Waals surface area contributed by atoms with Gasteiger partial charge in [-0.2, -0.15) is 0 Å². The number of nitrogens with one attached hydrogen (secondary N) is 1. The number of halogens is 1. The van der Waals surface area contributed by atoms with Crippen LogP contribution in [0.5, 0.6) is 0 Å². The van der Waals surface area contributed by atoms with E-state index < -0.39 is 0 Å². The molecule has 0 radical (unpaired) electrons. The molecule has 0 aromatic heterocycles. The van der Waals surface area contributed by atoms with Gasteiger partial charge in [-0.15, -0.1) is 0 Å². The average molecular weight is 311 g/mol. The summed E-state index contributed by atoms with van der Waals surface area (Å²) in [6.45, 7) is 4.96. The Morgan fingerprint density at radius 1 is 1.24 bits per heavy atom. The van der Waals surface area contributed by atoms with Crippen molar-refractivity contribution in [3.05, 3.63) is 34.9 Å². The van der Waals surface area contributed by atoms with Gasteiger partial charge in [0, 0.05) is 23.7 Å². The first-order valence-electron chi connectivity index (χ1n) is 6.92. The van der Waals surface area contributed by atoms with E-state index in [1.165, 1.54) is 0 Å². The fraction of sp³-hybridized carbons (Fsp3) is 0.467. The van der Waals surface area contributed by atoms with Gasteiger partial charge in [0.1, 0.15) is 0 Å². The van der Waals surface area contributed by atoms with Crippen molar-refractivity contribution >= 4 is 23.4 Å². The maximum atomic E-state index is 12.1. The molecule has 0 saturated carbocycles. The highest BCUT2D eigenvalue weighted by molar-refractivity contribution is 6.30. The van der Waals surface area contributed by atoms with E-state index in [1.54, 1.807) is 29.2 Å². The Bertz CT molecular complexity index is 508. The second kappa shape index (κ2) is 6.91. The lowest BCUT2D eigenvalue weighted by atomic mass is 10.2. The molecule has 2 amide bonds. The highest BCUT2D eigenvalue weighted by atomic mass is 35.5. The van der Waals surface area contributed by atoms with Gasteiger partial charge in [-0.1, -0.05) is 11.6 Å². The molecule has 1 heterocycles. The van der Waals surface area contributed by atoms with Crippen molar-refractivity contribution in [3.8, 4) is 0 Å². The summed E-state index contributed by atoms with van der Waals surface area (Å²) in [4.78, 5) is 25.8. The van der Waals surface area contributed by atoms with Crippen LogP contribution in [0.25, 0.3) is 0 Å². The number of ether oxygens (including phenoxy) is 1. The Morgan fingerprint density at radius 3 is 2.38 bits per heavy atom. The van der Waals surface area contributed by atoms with Crippen molar-refractivity contribution in [1.82, 2.24) is 10.2 Å². The Morgan fingerprint density at radius 2 is 1.81 bits per heavy atom. The van der Waals surface area contributed by atoms with Gasteiger partial charge in [0.25, 0.3) is 5.91 Å². The van der Waals surface area contributed by atoms with Crippen LogP contribution >= 0.6 is 11.6 Å². The predicted octanol–water partition coefficient (Wildman–Crippen LogP) is 1.71. The molecule has 5 nitrogen and oxygen atoms in total. The number of carbonyl (C=O) groups excluding carboxylic acids is 2. The summed E-state index contributed by atoms with van der Waals surface area (Å²) in [5, 5.41) is 3.20. The monoisotopic (exact) mass is 310 g/mol. The summed E-state index contributed by atoms with van der Waals surface area (Å²) in [6, 6.07) is 6.54. The van der Waals surface area contributed by atoms with Gasteiger partial charge >= 0.3 is 0 Å². The summed E-state index contributed by atoms with van der Waals surface area (Å²) in [7, 11) is 0. The molecule has 114 valence electrons. The Kier molecular flexibility index (Phi) is 5.20. The number of hydrogen-bond acceptors (Lipinski definition) is 3. The minimum Gasteiger partial charge on any atom is -0.372 e. The number of benzene rings is 1. The van der Waals surface area contributed by atoms with Gasteiger partial charge in [-0.25, -0.2) is 0 Å². The lowest BCUT2D eigenvalue weighted by molar-refractivity contribution is -0.142. The molecule has 1 aromatic rings. The number of nitrogens with zero attached hydrogens (tertiary/aromatic N) is 1. The largest absolute Gasteiger partial charge is 0.372 e. The van der Waals surface area contributed by atoms with Crippen LogP contribution in [0.4, 0.5) is 0 Å². The third-order valence-electron chi connectivity index (χ3n) is 3.28. The number of hydrogen-bond donors (Lipinski definition) is 1. The molecule has 2 rings (SSSR count). The first-order chi connectivity index (χ1) is 9.95. The van der Waals surface area contributed by atoms with Crippen LogP contribution in [0.2, 0.25) is 5.02 Å². The fourth-order valence-corrected chi connectivity index (χ4v) is 2.48. The molecule has 1 fully saturated rings. The second-order valence-corrected chi connectivity index (χ2v) is 5.68. The zero-order valence-corrected chi connectivity index (χ0v) is 12.9. The molecule has 2 atom stereocenters. The lowest BCUT2D eigenvalue weighted by Crippen LogP contribution is -2.51. The minimum atomic E-state index is -0.283. The Balaban J connectivity index is 1.86. The lowest BCUT2D eigenvalue weighted by Gasteiger charge is -2.35. The van der Waals surface area contributed by atoms with E-state index in [2.05, 4.69) is 5.32 Å². The summed E-state index contributed by atoms with van der Waals surface area (Å²) >= 11 is 5.77. The summed E-state index contributed by atoms with van der Waals surface area (Å²) in [5.74, 6) is -0.381. The summed E-state index contributed by atoms with van der Waals surface area (Å²) < 4.78 is 5.58. The predicted molar refractivity (Wildman–Crippen MR) is 80.4 cm³/mol. The molecule has 0 spiro atoms. The molecule has 0 aliphatic carbocycles. The molecule has 1 aliphatic rings. The van der Waals surface area contributed by atoms with Crippen LogP contribution in [0, 0.1) is 0 Å². The maximum absolute atomic E-state index is 12.1. The number of amides is 2. The SMILES string of the molecule is CC1CN(C(=O)CNC(=O)c2ccc(Cl)cc2)CC(C)O1. The van der Waals surface area contributed by atoms with Crippen molar-refractivity contribution in [2.45, 2.75) is 26.1 Å². The van der Waals surface area contributed by atoms with Gasteiger partial charge in [-0.05, 0) is 38.1 Å². The van der Waals surface area contributed by atoms with E-state index in [0.29, 0.717) is 23.7 Å². The number of rotatable bonds is 3.